The van der Waals surface area contributed by atoms with Crippen LogP contribution in [0, 0.1) is 0 Å². The van der Waals surface area contributed by atoms with E-state index in [0.29, 0.717) is 19.3 Å². The molecule has 1 aliphatic heterocycles. The van der Waals surface area contributed by atoms with E-state index in [2.05, 4.69) is 41.7 Å². The molecule has 0 saturated heterocycles. The molecule has 24 heavy (non-hydrogen) atoms. The lowest BCUT2D eigenvalue weighted by Gasteiger charge is -2.17. The minimum Gasteiger partial charge on any atom is -0.490 e. The van der Waals surface area contributed by atoms with Gasteiger partial charge in [0.15, 0.2) is 11.5 Å². The van der Waals surface area contributed by atoms with Gasteiger partial charge in [-0.3, -0.25) is 0 Å². The fraction of sp³-hybridized carbons (Fsp3) is 0.333. The van der Waals surface area contributed by atoms with Crippen molar-refractivity contribution in [1.82, 2.24) is 5.32 Å². The van der Waals surface area contributed by atoms with Crippen molar-refractivity contribution in [3.8, 4) is 11.5 Å². The number of rotatable bonds is 6. The lowest BCUT2D eigenvalue weighted by atomic mass is 10.1. The van der Waals surface area contributed by atoms with Crippen molar-refractivity contribution < 1.29 is 9.47 Å². The van der Waals surface area contributed by atoms with E-state index in [-0.39, 0.29) is 0 Å². The molecule has 1 aliphatic carbocycles. The minimum atomic E-state index is 0.570. The van der Waals surface area contributed by atoms with Crippen LogP contribution >= 0.6 is 0 Å². The van der Waals surface area contributed by atoms with Crippen molar-refractivity contribution in [3.63, 3.8) is 0 Å². The molecule has 4 rings (SSSR count). The van der Waals surface area contributed by atoms with E-state index in [1.165, 1.54) is 11.1 Å². The fourth-order valence-electron chi connectivity index (χ4n) is 3.50. The third kappa shape index (κ3) is 3.31. The van der Waals surface area contributed by atoms with Crippen LogP contribution in [0.3, 0.4) is 0 Å². The maximum absolute atomic E-state index is 5.93. The third-order valence-corrected chi connectivity index (χ3v) is 4.69. The zero-order valence-electron chi connectivity index (χ0n) is 13.8. The van der Waals surface area contributed by atoms with Crippen LogP contribution < -0.4 is 14.8 Å². The zero-order chi connectivity index (χ0) is 16.2. The molecular weight excluding hydrogens is 298 g/mol. The summed E-state index contributed by atoms with van der Waals surface area (Å²) in [5.41, 5.74) is 4.08. The molecule has 2 aliphatic rings. The number of fused-ring (bicyclic) bond motifs is 2. The zero-order valence-corrected chi connectivity index (χ0v) is 13.8. The lowest BCUT2D eigenvalue weighted by molar-refractivity contribution is 0.275. The highest BCUT2D eigenvalue weighted by atomic mass is 16.5. The van der Waals surface area contributed by atoms with Crippen LogP contribution in [-0.2, 0) is 12.8 Å². The molecule has 3 nitrogen and oxygen atoms in total. The predicted molar refractivity (Wildman–Crippen MR) is 96.7 cm³/mol. The minimum absolute atomic E-state index is 0.570. The van der Waals surface area contributed by atoms with Gasteiger partial charge in [0.05, 0.1) is 6.61 Å². The molecule has 0 unspecified atom stereocenters. The summed E-state index contributed by atoms with van der Waals surface area (Å²) in [5.74, 6) is 1.73. The standard InChI is InChI=1S/C21H23NO2/c1-2-7-18-15-19(14-17(18)6-1)22-11-5-13-23-20-10-3-8-16-9-4-12-24-21(16)20/h1-4,6-10,19,22H,5,11-15H2. The Morgan fingerprint density at radius 3 is 2.71 bits per heavy atom. The second-order valence-corrected chi connectivity index (χ2v) is 6.42. The van der Waals surface area contributed by atoms with Gasteiger partial charge >= 0.3 is 0 Å². The smallest absolute Gasteiger partial charge is 0.168 e. The van der Waals surface area contributed by atoms with Gasteiger partial charge in [-0.25, -0.2) is 0 Å². The highest BCUT2D eigenvalue weighted by Crippen LogP contribution is 2.34. The van der Waals surface area contributed by atoms with E-state index in [4.69, 9.17) is 9.47 Å². The Balaban J connectivity index is 1.22. The van der Waals surface area contributed by atoms with Gasteiger partial charge in [-0.1, -0.05) is 42.5 Å². The van der Waals surface area contributed by atoms with E-state index in [1.54, 1.807) is 0 Å². The number of benzene rings is 2. The highest BCUT2D eigenvalue weighted by Gasteiger charge is 2.19. The van der Waals surface area contributed by atoms with E-state index in [1.807, 2.05) is 18.2 Å². The van der Waals surface area contributed by atoms with E-state index >= 15 is 0 Å². The maximum Gasteiger partial charge on any atom is 0.168 e. The Morgan fingerprint density at radius 1 is 1.04 bits per heavy atom. The summed E-state index contributed by atoms with van der Waals surface area (Å²) < 4.78 is 11.6. The SMILES string of the molecule is C1=Cc2cccc(OCCCNC3Cc4ccccc4C3)c2OC1. The molecule has 0 spiro atoms. The van der Waals surface area contributed by atoms with E-state index in [9.17, 15) is 0 Å². The molecule has 2 aromatic rings. The second-order valence-electron chi connectivity index (χ2n) is 6.42. The Morgan fingerprint density at radius 2 is 1.88 bits per heavy atom. The summed E-state index contributed by atoms with van der Waals surface area (Å²) in [6, 6.07) is 15.4. The topological polar surface area (TPSA) is 30.5 Å². The summed E-state index contributed by atoms with van der Waals surface area (Å²) in [5, 5.41) is 3.65. The second kappa shape index (κ2) is 7.10. The van der Waals surface area contributed by atoms with Crippen molar-refractivity contribution in [1.29, 1.82) is 0 Å². The first kappa shape index (κ1) is 15.3. The van der Waals surface area contributed by atoms with Crippen LogP contribution in [0.5, 0.6) is 11.5 Å². The van der Waals surface area contributed by atoms with Crippen molar-refractivity contribution in [3.05, 3.63) is 65.2 Å². The Kier molecular flexibility index (Phi) is 4.52. The Bertz CT molecular complexity index is 713. The van der Waals surface area contributed by atoms with Gasteiger partial charge in [0, 0.05) is 11.6 Å². The first-order valence-electron chi connectivity index (χ1n) is 8.75. The quantitative estimate of drug-likeness (QED) is 0.824. The van der Waals surface area contributed by atoms with Crippen molar-refractivity contribution >= 4 is 6.08 Å². The first-order chi connectivity index (χ1) is 11.9. The molecule has 124 valence electrons. The van der Waals surface area contributed by atoms with Crippen molar-refractivity contribution in [2.24, 2.45) is 0 Å². The van der Waals surface area contributed by atoms with E-state index < -0.39 is 0 Å². The van der Waals surface area contributed by atoms with Gasteiger partial charge in [0.25, 0.3) is 0 Å². The lowest BCUT2D eigenvalue weighted by Crippen LogP contribution is -2.31. The molecule has 0 atom stereocenters. The average Bonchev–Trinajstić information content (AvgIpc) is 3.04. The number of ether oxygens (including phenoxy) is 2. The molecule has 1 N–H and O–H groups in total. The maximum atomic E-state index is 5.93. The van der Waals surface area contributed by atoms with Gasteiger partial charge in [-0.15, -0.1) is 0 Å². The molecule has 0 bridgehead atoms. The van der Waals surface area contributed by atoms with Gasteiger partial charge in [-0.2, -0.15) is 0 Å². The van der Waals surface area contributed by atoms with Gasteiger partial charge in [-0.05, 0) is 49.1 Å². The Hall–Kier alpha value is -2.26. The van der Waals surface area contributed by atoms with Crippen LogP contribution in [0.2, 0.25) is 0 Å². The van der Waals surface area contributed by atoms with E-state index in [0.717, 1.165) is 42.9 Å². The monoisotopic (exact) mass is 321 g/mol. The van der Waals surface area contributed by atoms with Crippen molar-refractivity contribution in [2.45, 2.75) is 25.3 Å². The number of nitrogens with one attached hydrogen (secondary N) is 1. The summed E-state index contributed by atoms with van der Waals surface area (Å²) >= 11 is 0. The van der Waals surface area contributed by atoms with Crippen LogP contribution in [0.1, 0.15) is 23.1 Å². The third-order valence-electron chi connectivity index (χ3n) is 4.69. The Labute approximate surface area is 143 Å². The molecular formula is C21H23NO2. The first-order valence-corrected chi connectivity index (χ1v) is 8.75. The van der Waals surface area contributed by atoms with Gasteiger partial charge in [0.2, 0.25) is 0 Å². The molecule has 0 radical (unpaired) electrons. The molecule has 1 heterocycles. The highest BCUT2D eigenvalue weighted by molar-refractivity contribution is 5.63. The largest absolute Gasteiger partial charge is 0.490 e. The number of hydrogen-bond donors (Lipinski definition) is 1. The summed E-state index contributed by atoms with van der Waals surface area (Å²) in [6.45, 7) is 2.31. The average molecular weight is 321 g/mol. The molecule has 0 amide bonds. The molecule has 2 aromatic carbocycles. The van der Waals surface area contributed by atoms with Crippen LogP contribution in [0.15, 0.2) is 48.5 Å². The van der Waals surface area contributed by atoms with Crippen LogP contribution in [0.25, 0.3) is 6.08 Å². The van der Waals surface area contributed by atoms with Gasteiger partial charge in [0.1, 0.15) is 6.61 Å². The summed E-state index contributed by atoms with van der Waals surface area (Å²) in [6.07, 6.45) is 7.39. The summed E-state index contributed by atoms with van der Waals surface area (Å²) in [4.78, 5) is 0. The number of para-hydroxylation sites is 1. The van der Waals surface area contributed by atoms with Crippen LogP contribution in [0.4, 0.5) is 0 Å². The molecule has 3 heteroatoms. The molecule has 0 aromatic heterocycles. The fourth-order valence-corrected chi connectivity index (χ4v) is 3.50. The number of hydrogen-bond acceptors (Lipinski definition) is 3. The molecule has 0 fully saturated rings. The molecule has 0 saturated carbocycles. The van der Waals surface area contributed by atoms with Gasteiger partial charge < -0.3 is 14.8 Å². The normalized spacial score (nSPS) is 15.7. The summed E-state index contributed by atoms with van der Waals surface area (Å²) in [7, 11) is 0. The van der Waals surface area contributed by atoms with Crippen molar-refractivity contribution in [2.75, 3.05) is 19.8 Å². The van der Waals surface area contributed by atoms with Crippen LogP contribution in [-0.4, -0.2) is 25.8 Å². The predicted octanol–water partition coefficient (Wildman–Crippen LogP) is 3.62.